The summed E-state index contributed by atoms with van der Waals surface area (Å²) in [7, 11) is -3.44. The highest BCUT2D eigenvalue weighted by Crippen LogP contribution is 2.28. The number of anilines is 1. The number of hydrogen-bond donors (Lipinski definition) is 1. The van der Waals surface area contributed by atoms with Gasteiger partial charge in [-0.25, -0.2) is 18.4 Å². The van der Waals surface area contributed by atoms with E-state index in [0.29, 0.717) is 17.3 Å². The van der Waals surface area contributed by atoms with Gasteiger partial charge in [0, 0.05) is 55.6 Å². The van der Waals surface area contributed by atoms with E-state index in [0.717, 1.165) is 86.6 Å². The fourth-order valence-corrected chi connectivity index (χ4v) is 6.84. The van der Waals surface area contributed by atoms with Crippen LogP contribution in [0, 0.1) is 6.92 Å². The van der Waals surface area contributed by atoms with Gasteiger partial charge in [0.1, 0.15) is 5.82 Å². The van der Waals surface area contributed by atoms with Crippen molar-refractivity contribution < 1.29 is 17.9 Å². The van der Waals surface area contributed by atoms with Crippen LogP contribution < -0.4 is 10.2 Å². The quantitative estimate of drug-likeness (QED) is 0.324. The Bertz CT molecular complexity index is 1760. The number of fused-ring (bicyclic) bond motifs is 1. The Hall–Kier alpha value is -3.93. The summed E-state index contributed by atoms with van der Waals surface area (Å²) in [4.78, 5) is 32.3. The summed E-state index contributed by atoms with van der Waals surface area (Å²) in [5.74, 6) is 0.604. The van der Waals surface area contributed by atoms with E-state index < -0.39 is 9.84 Å². The van der Waals surface area contributed by atoms with Gasteiger partial charge in [0.2, 0.25) is 0 Å². The van der Waals surface area contributed by atoms with Gasteiger partial charge in [-0.1, -0.05) is 12.1 Å². The van der Waals surface area contributed by atoms with Gasteiger partial charge in [-0.05, 0) is 67.8 Å². The lowest BCUT2D eigenvalue weighted by molar-refractivity contribution is 0.0354. The first kappa shape index (κ1) is 29.2. The van der Waals surface area contributed by atoms with E-state index >= 15 is 0 Å². The van der Waals surface area contributed by atoms with Gasteiger partial charge in [-0.2, -0.15) is 0 Å². The van der Waals surface area contributed by atoms with Crippen molar-refractivity contribution in [1.82, 2.24) is 25.2 Å². The minimum atomic E-state index is -3.44. The zero-order valence-corrected chi connectivity index (χ0v) is 25.3. The number of morpholine rings is 1. The first-order chi connectivity index (χ1) is 20.7. The molecule has 0 spiro atoms. The molecule has 1 amide bonds. The van der Waals surface area contributed by atoms with Crippen molar-refractivity contribution in [2.24, 2.45) is 0 Å². The molecule has 1 N–H and O–H groups in total. The lowest BCUT2D eigenvalue weighted by Gasteiger charge is -2.33. The van der Waals surface area contributed by atoms with E-state index in [1.807, 2.05) is 30.3 Å². The lowest BCUT2D eigenvalue weighted by atomic mass is 10.1. The van der Waals surface area contributed by atoms with E-state index in [2.05, 4.69) is 26.2 Å². The molecule has 43 heavy (non-hydrogen) atoms. The predicted molar refractivity (Wildman–Crippen MR) is 166 cm³/mol. The number of carbonyl (C=O) groups excluding carboxylic acids is 1. The molecule has 1 atom stereocenters. The highest BCUT2D eigenvalue weighted by molar-refractivity contribution is 7.90. The van der Waals surface area contributed by atoms with Crippen LogP contribution in [-0.2, 0) is 21.1 Å². The SMILES string of the molecule is Cc1ccc(C(=O)NCc2cc3nc(-c4cccc(N5CCC[C@H]5CN5CCOCC5)n4)ccc3cn2)cc1S(C)(=O)=O. The van der Waals surface area contributed by atoms with Gasteiger partial charge in [-0.3, -0.25) is 14.7 Å². The molecule has 6 rings (SSSR count). The van der Waals surface area contributed by atoms with Crippen molar-refractivity contribution in [1.29, 1.82) is 0 Å². The highest BCUT2D eigenvalue weighted by Gasteiger charge is 2.28. The first-order valence-corrected chi connectivity index (χ1v) is 16.5. The maximum atomic E-state index is 12.8. The second-order valence-electron chi connectivity index (χ2n) is 11.3. The molecule has 0 bridgehead atoms. The minimum Gasteiger partial charge on any atom is -0.379 e. The molecule has 0 radical (unpaired) electrons. The average Bonchev–Trinajstić information content (AvgIpc) is 3.47. The number of benzene rings is 1. The van der Waals surface area contributed by atoms with Crippen LogP contribution in [0.3, 0.4) is 0 Å². The molecule has 1 aromatic carbocycles. The molecule has 0 aliphatic carbocycles. The molecule has 4 aromatic rings. The van der Waals surface area contributed by atoms with Crippen molar-refractivity contribution in [3.63, 3.8) is 0 Å². The number of nitrogens with zero attached hydrogens (tertiary/aromatic N) is 5. The Morgan fingerprint density at radius 1 is 1.02 bits per heavy atom. The Balaban J connectivity index is 1.17. The van der Waals surface area contributed by atoms with Gasteiger partial charge in [-0.15, -0.1) is 0 Å². The van der Waals surface area contributed by atoms with Crippen molar-refractivity contribution in [2.75, 3.05) is 50.5 Å². The molecule has 2 fully saturated rings. The summed E-state index contributed by atoms with van der Waals surface area (Å²) in [5.41, 5.74) is 3.86. The third kappa shape index (κ3) is 6.69. The molecule has 11 heteroatoms. The Morgan fingerprint density at radius 3 is 2.65 bits per heavy atom. The van der Waals surface area contributed by atoms with E-state index in [1.54, 1.807) is 25.3 Å². The van der Waals surface area contributed by atoms with Crippen LogP contribution in [0.2, 0.25) is 0 Å². The van der Waals surface area contributed by atoms with Crippen molar-refractivity contribution in [2.45, 2.75) is 37.2 Å². The average molecular weight is 601 g/mol. The summed E-state index contributed by atoms with van der Waals surface area (Å²) < 4.78 is 29.7. The monoisotopic (exact) mass is 600 g/mol. The molecular weight excluding hydrogens is 564 g/mol. The van der Waals surface area contributed by atoms with Gasteiger partial charge in [0.15, 0.2) is 9.84 Å². The molecule has 0 saturated carbocycles. The van der Waals surface area contributed by atoms with Crippen LogP contribution >= 0.6 is 0 Å². The van der Waals surface area contributed by atoms with Crippen LogP contribution in [-0.4, -0.2) is 85.9 Å². The Kier molecular flexibility index (Phi) is 8.38. The lowest BCUT2D eigenvalue weighted by Crippen LogP contribution is -2.45. The van der Waals surface area contributed by atoms with E-state index in [-0.39, 0.29) is 22.9 Å². The Morgan fingerprint density at radius 2 is 1.84 bits per heavy atom. The molecule has 0 unspecified atom stereocenters. The predicted octanol–water partition coefficient (Wildman–Crippen LogP) is 3.63. The number of carbonyl (C=O) groups is 1. The van der Waals surface area contributed by atoms with Crippen LogP contribution in [0.1, 0.15) is 34.5 Å². The van der Waals surface area contributed by atoms with E-state index in [9.17, 15) is 13.2 Å². The molecule has 10 nitrogen and oxygen atoms in total. The normalized spacial score (nSPS) is 17.8. The van der Waals surface area contributed by atoms with E-state index in [1.165, 1.54) is 6.07 Å². The summed E-state index contributed by atoms with van der Waals surface area (Å²) in [6.45, 7) is 7.47. The summed E-state index contributed by atoms with van der Waals surface area (Å²) in [6, 6.07) is 17.0. The number of nitrogens with one attached hydrogen (secondary N) is 1. The topological polar surface area (TPSA) is 118 Å². The maximum absolute atomic E-state index is 12.8. The number of pyridine rings is 3. The van der Waals surface area contributed by atoms with Crippen molar-refractivity contribution in [3.05, 3.63) is 77.6 Å². The summed E-state index contributed by atoms with van der Waals surface area (Å²) in [5, 5.41) is 3.73. The fourth-order valence-electron chi connectivity index (χ4n) is 5.85. The number of hydrogen-bond acceptors (Lipinski definition) is 9. The van der Waals surface area contributed by atoms with Gasteiger partial charge in [0.25, 0.3) is 5.91 Å². The van der Waals surface area contributed by atoms with Crippen LogP contribution in [0.5, 0.6) is 0 Å². The molecule has 2 saturated heterocycles. The summed E-state index contributed by atoms with van der Waals surface area (Å²) >= 11 is 0. The number of ether oxygens (including phenoxy) is 1. The molecular formula is C32H36N6O4S. The van der Waals surface area contributed by atoms with Gasteiger partial charge >= 0.3 is 0 Å². The molecule has 3 aromatic heterocycles. The van der Waals surface area contributed by atoms with Gasteiger partial charge in [0.05, 0.1) is 47.3 Å². The third-order valence-corrected chi connectivity index (χ3v) is 9.39. The highest BCUT2D eigenvalue weighted by atomic mass is 32.2. The number of aryl methyl sites for hydroxylation is 1. The minimum absolute atomic E-state index is 0.149. The first-order valence-electron chi connectivity index (χ1n) is 14.6. The number of sulfone groups is 1. The largest absolute Gasteiger partial charge is 0.379 e. The Labute approximate surface area is 252 Å². The second kappa shape index (κ2) is 12.4. The maximum Gasteiger partial charge on any atom is 0.251 e. The smallest absolute Gasteiger partial charge is 0.251 e. The van der Waals surface area contributed by atoms with Crippen LogP contribution in [0.25, 0.3) is 22.3 Å². The van der Waals surface area contributed by atoms with Gasteiger partial charge < -0.3 is 15.0 Å². The molecule has 224 valence electrons. The van der Waals surface area contributed by atoms with Crippen LogP contribution in [0.15, 0.2) is 65.7 Å². The third-order valence-electron chi connectivity index (χ3n) is 8.15. The standard InChI is InChI=1S/C32H36N6O4S/c1-22-8-9-23(17-30(22)43(2,40)41)32(39)34-20-25-18-29-24(19-33-25)10-11-28(35-29)27-6-3-7-31(36-27)38-12-4-5-26(38)21-37-13-15-42-16-14-37/h3,6-11,17-19,26H,4-5,12-16,20-21H2,1-2H3,(H,34,39)/t26-/m0/s1. The molecule has 2 aliphatic rings. The second-order valence-corrected chi connectivity index (χ2v) is 13.3. The van der Waals surface area contributed by atoms with Crippen molar-refractivity contribution in [3.8, 4) is 11.4 Å². The fraction of sp³-hybridized carbons (Fsp3) is 0.375. The van der Waals surface area contributed by atoms with Crippen LogP contribution in [0.4, 0.5) is 5.82 Å². The zero-order chi connectivity index (χ0) is 30.0. The zero-order valence-electron chi connectivity index (χ0n) is 24.5. The molecule has 5 heterocycles. The number of aromatic nitrogens is 3. The van der Waals surface area contributed by atoms with E-state index in [4.69, 9.17) is 14.7 Å². The number of rotatable bonds is 8. The molecule has 2 aliphatic heterocycles. The van der Waals surface area contributed by atoms with Crippen molar-refractivity contribution >= 4 is 32.5 Å². The number of amides is 1. The summed E-state index contributed by atoms with van der Waals surface area (Å²) in [6.07, 6.45) is 5.20.